The van der Waals surface area contributed by atoms with Crippen molar-refractivity contribution in [1.29, 1.82) is 0 Å². The molecule has 4 N–H and O–H groups in total. The van der Waals surface area contributed by atoms with Crippen molar-refractivity contribution in [2.24, 2.45) is 11.7 Å². The average molecular weight is 315 g/mol. The summed E-state index contributed by atoms with van der Waals surface area (Å²) in [6, 6.07) is -0.312. The molecule has 0 aromatic heterocycles. The maximum absolute atomic E-state index is 11.8. The third-order valence-electron chi connectivity index (χ3n) is 2.46. The van der Waals surface area contributed by atoms with Gasteiger partial charge in [-0.3, -0.25) is 0 Å². The van der Waals surface area contributed by atoms with Gasteiger partial charge in [-0.25, -0.2) is 26.3 Å². The number of sulfonamides is 2. The van der Waals surface area contributed by atoms with Crippen LogP contribution in [0.2, 0.25) is 0 Å². The minimum atomic E-state index is -3.53. The first-order valence-corrected chi connectivity index (χ1v) is 9.59. The summed E-state index contributed by atoms with van der Waals surface area (Å²) in [5.74, 6) is -0.0325. The minimum Gasteiger partial charge on any atom is -0.329 e. The summed E-state index contributed by atoms with van der Waals surface area (Å²) in [6.07, 6.45) is 0.649. The molecule has 0 amide bonds. The SMILES string of the molecule is CCS(=O)(=O)NCCS(=O)(=O)NC(CN)CC(C)C. The van der Waals surface area contributed by atoms with Gasteiger partial charge in [0.2, 0.25) is 20.0 Å². The van der Waals surface area contributed by atoms with E-state index in [1.165, 1.54) is 6.92 Å². The topological polar surface area (TPSA) is 118 Å². The van der Waals surface area contributed by atoms with Gasteiger partial charge in [0.25, 0.3) is 0 Å². The monoisotopic (exact) mass is 315 g/mol. The third kappa shape index (κ3) is 9.33. The van der Waals surface area contributed by atoms with Gasteiger partial charge in [-0.05, 0) is 19.3 Å². The molecule has 0 aliphatic rings. The maximum atomic E-state index is 11.8. The van der Waals surface area contributed by atoms with E-state index in [1.807, 2.05) is 13.8 Å². The molecule has 7 nitrogen and oxygen atoms in total. The Kier molecular flexibility index (Phi) is 8.06. The molecule has 9 heteroatoms. The lowest BCUT2D eigenvalue weighted by atomic mass is 10.1. The summed E-state index contributed by atoms with van der Waals surface area (Å²) >= 11 is 0. The lowest BCUT2D eigenvalue weighted by molar-refractivity contribution is 0.465. The van der Waals surface area contributed by atoms with E-state index >= 15 is 0 Å². The van der Waals surface area contributed by atoms with Gasteiger partial charge in [0, 0.05) is 19.1 Å². The van der Waals surface area contributed by atoms with E-state index in [0.29, 0.717) is 12.3 Å². The molecule has 0 spiro atoms. The van der Waals surface area contributed by atoms with Crippen molar-refractivity contribution >= 4 is 20.0 Å². The van der Waals surface area contributed by atoms with Crippen LogP contribution in [-0.4, -0.2) is 47.5 Å². The Bertz CT molecular complexity index is 445. The molecule has 0 aromatic carbocycles. The maximum Gasteiger partial charge on any atom is 0.213 e. The largest absolute Gasteiger partial charge is 0.329 e. The summed E-state index contributed by atoms with van der Waals surface area (Å²) in [5, 5.41) is 0. The van der Waals surface area contributed by atoms with Gasteiger partial charge >= 0.3 is 0 Å². The van der Waals surface area contributed by atoms with Gasteiger partial charge in [0.05, 0.1) is 11.5 Å². The number of nitrogens with two attached hydrogens (primary N) is 1. The number of nitrogens with one attached hydrogen (secondary N) is 2. The van der Waals surface area contributed by atoms with Crippen LogP contribution in [0, 0.1) is 5.92 Å². The van der Waals surface area contributed by atoms with Crippen LogP contribution in [0.1, 0.15) is 27.2 Å². The molecular formula is C10H25N3O4S2. The fraction of sp³-hybridized carbons (Fsp3) is 1.00. The second kappa shape index (κ2) is 8.15. The molecule has 0 saturated carbocycles. The lowest BCUT2D eigenvalue weighted by Gasteiger charge is -2.18. The second-order valence-electron chi connectivity index (χ2n) is 4.80. The number of hydrogen-bond donors (Lipinski definition) is 3. The summed E-state index contributed by atoms with van der Waals surface area (Å²) < 4.78 is 50.5. The highest BCUT2D eigenvalue weighted by Crippen LogP contribution is 2.04. The molecule has 0 saturated heterocycles. The van der Waals surface area contributed by atoms with Crippen LogP contribution in [0.4, 0.5) is 0 Å². The molecule has 0 radical (unpaired) electrons. The molecular weight excluding hydrogens is 290 g/mol. The molecule has 19 heavy (non-hydrogen) atoms. The van der Waals surface area contributed by atoms with Gasteiger partial charge in [-0.2, -0.15) is 0 Å². The fourth-order valence-corrected chi connectivity index (χ4v) is 3.44. The molecule has 0 bridgehead atoms. The Morgan fingerprint density at radius 3 is 2.11 bits per heavy atom. The van der Waals surface area contributed by atoms with Crippen LogP contribution in [0.3, 0.4) is 0 Å². The first kappa shape index (κ1) is 18.8. The zero-order chi connectivity index (χ0) is 15.1. The predicted octanol–water partition coefficient (Wildman–Crippen LogP) is -0.781. The molecule has 1 unspecified atom stereocenters. The van der Waals surface area contributed by atoms with Crippen molar-refractivity contribution in [2.75, 3.05) is 24.6 Å². The van der Waals surface area contributed by atoms with Gasteiger partial charge in [-0.15, -0.1) is 0 Å². The standard InChI is InChI=1S/C10H25N3O4S2/c1-4-18(14,15)12-5-6-19(16,17)13-10(8-11)7-9(2)3/h9-10,12-13H,4-8,11H2,1-3H3. The van der Waals surface area contributed by atoms with Gasteiger partial charge < -0.3 is 5.73 Å². The van der Waals surface area contributed by atoms with Crippen LogP contribution in [0.25, 0.3) is 0 Å². The average Bonchev–Trinajstić information content (AvgIpc) is 2.26. The van der Waals surface area contributed by atoms with Crippen molar-refractivity contribution in [3.8, 4) is 0 Å². The Morgan fingerprint density at radius 2 is 1.68 bits per heavy atom. The smallest absolute Gasteiger partial charge is 0.213 e. The van der Waals surface area contributed by atoms with E-state index < -0.39 is 20.0 Å². The van der Waals surface area contributed by atoms with E-state index in [4.69, 9.17) is 5.73 Å². The van der Waals surface area contributed by atoms with E-state index in [9.17, 15) is 16.8 Å². The van der Waals surface area contributed by atoms with Crippen molar-refractivity contribution in [3.63, 3.8) is 0 Å². The van der Waals surface area contributed by atoms with Crippen LogP contribution in [0.15, 0.2) is 0 Å². The zero-order valence-corrected chi connectivity index (χ0v) is 13.4. The zero-order valence-electron chi connectivity index (χ0n) is 11.7. The normalized spacial score (nSPS) is 14.8. The highest BCUT2D eigenvalue weighted by atomic mass is 32.2. The first-order chi connectivity index (χ1) is 8.62. The Balaban J connectivity index is 4.32. The minimum absolute atomic E-state index is 0.0702. The fourth-order valence-electron chi connectivity index (χ4n) is 1.51. The van der Waals surface area contributed by atoms with E-state index in [-0.39, 0.29) is 30.6 Å². The van der Waals surface area contributed by atoms with Crippen molar-refractivity contribution in [3.05, 3.63) is 0 Å². The highest BCUT2D eigenvalue weighted by molar-refractivity contribution is 7.90. The summed E-state index contributed by atoms with van der Waals surface area (Å²) in [6.45, 7) is 5.53. The highest BCUT2D eigenvalue weighted by Gasteiger charge is 2.18. The molecule has 0 heterocycles. The van der Waals surface area contributed by atoms with Crippen molar-refractivity contribution in [2.45, 2.75) is 33.2 Å². The van der Waals surface area contributed by atoms with E-state index in [2.05, 4.69) is 9.44 Å². The second-order valence-corrected chi connectivity index (χ2v) is 8.77. The van der Waals surface area contributed by atoms with Crippen LogP contribution in [-0.2, 0) is 20.0 Å². The molecule has 0 fully saturated rings. The number of rotatable bonds is 10. The molecule has 1 atom stereocenters. The van der Waals surface area contributed by atoms with Crippen LogP contribution in [0.5, 0.6) is 0 Å². The molecule has 0 aromatic rings. The van der Waals surface area contributed by atoms with Crippen LogP contribution >= 0.6 is 0 Å². The van der Waals surface area contributed by atoms with Crippen molar-refractivity contribution in [1.82, 2.24) is 9.44 Å². The molecule has 0 rings (SSSR count). The first-order valence-electron chi connectivity index (χ1n) is 6.29. The third-order valence-corrected chi connectivity index (χ3v) is 5.30. The summed E-state index contributed by atoms with van der Waals surface area (Å²) in [4.78, 5) is 0. The number of hydrogen-bond acceptors (Lipinski definition) is 5. The molecule has 0 aliphatic carbocycles. The summed E-state index contributed by atoms with van der Waals surface area (Å²) in [7, 11) is -6.89. The van der Waals surface area contributed by atoms with E-state index in [1.54, 1.807) is 0 Å². The van der Waals surface area contributed by atoms with Crippen LogP contribution < -0.4 is 15.2 Å². The predicted molar refractivity (Wildman–Crippen MR) is 76.7 cm³/mol. The van der Waals surface area contributed by atoms with E-state index in [0.717, 1.165) is 0 Å². The van der Waals surface area contributed by atoms with Gasteiger partial charge in [-0.1, -0.05) is 13.8 Å². The molecule has 0 aliphatic heterocycles. The lowest BCUT2D eigenvalue weighted by Crippen LogP contribution is -2.43. The Morgan fingerprint density at radius 1 is 1.11 bits per heavy atom. The Labute approximate surface area is 116 Å². The summed E-state index contributed by atoms with van der Waals surface area (Å²) in [5.41, 5.74) is 5.51. The Hall–Kier alpha value is -0.220. The molecule has 116 valence electrons. The van der Waals surface area contributed by atoms with Gasteiger partial charge in [0.15, 0.2) is 0 Å². The van der Waals surface area contributed by atoms with Gasteiger partial charge in [0.1, 0.15) is 0 Å². The van der Waals surface area contributed by atoms with Crippen molar-refractivity contribution < 1.29 is 16.8 Å². The quantitative estimate of drug-likeness (QED) is 0.488.